The van der Waals surface area contributed by atoms with E-state index in [-0.39, 0.29) is 0 Å². The summed E-state index contributed by atoms with van der Waals surface area (Å²) in [6, 6.07) is 13.2. The minimum atomic E-state index is 0.551. The van der Waals surface area contributed by atoms with Gasteiger partial charge in [-0.3, -0.25) is 0 Å². The monoisotopic (exact) mass is 396 g/mol. The number of anilines is 2. The van der Waals surface area contributed by atoms with Crippen molar-refractivity contribution in [1.29, 1.82) is 0 Å². The molecule has 0 bridgehead atoms. The first kappa shape index (κ1) is 20.1. The fraction of sp³-hybridized carbons (Fsp3) is 0.227. The van der Waals surface area contributed by atoms with E-state index in [0.29, 0.717) is 34.6 Å². The second kappa shape index (κ2) is 9.05. The SMILES string of the molecule is COc1cc(Nc2cc(-c3cc(OC)c(OC)c(OC)c3)ccn2)cc(OC)c1. The summed E-state index contributed by atoms with van der Waals surface area (Å²) < 4.78 is 26.9. The average Bonchev–Trinajstić information content (AvgIpc) is 2.77. The minimum Gasteiger partial charge on any atom is -0.497 e. The molecule has 0 aliphatic rings. The van der Waals surface area contributed by atoms with Crippen molar-refractivity contribution in [2.45, 2.75) is 0 Å². The van der Waals surface area contributed by atoms with Gasteiger partial charge in [0.1, 0.15) is 17.3 Å². The van der Waals surface area contributed by atoms with Crippen molar-refractivity contribution in [1.82, 2.24) is 4.98 Å². The topological polar surface area (TPSA) is 71.1 Å². The average molecular weight is 396 g/mol. The number of methoxy groups -OCH3 is 5. The van der Waals surface area contributed by atoms with Gasteiger partial charge in [0.25, 0.3) is 0 Å². The molecule has 3 rings (SSSR count). The third-order valence-electron chi connectivity index (χ3n) is 4.38. The molecule has 1 N–H and O–H groups in total. The molecule has 0 aliphatic carbocycles. The van der Waals surface area contributed by atoms with Gasteiger partial charge < -0.3 is 29.0 Å². The third kappa shape index (κ3) is 4.45. The number of hydrogen-bond acceptors (Lipinski definition) is 7. The summed E-state index contributed by atoms with van der Waals surface area (Å²) >= 11 is 0. The number of nitrogens with one attached hydrogen (secondary N) is 1. The van der Waals surface area contributed by atoms with Gasteiger partial charge in [-0.15, -0.1) is 0 Å². The summed E-state index contributed by atoms with van der Waals surface area (Å²) in [6.45, 7) is 0. The molecule has 7 nitrogen and oxygen atoms in total. The molecular weight excluding hydrogens is 372 g/mol. The predicted octanol–water partition coefficient (Wildman–Crippen LogP) is 4.54. The first-order chi connectivity index (χ1) is 14.1. The number of benzene rings is 2. The van der Waals surface area contributed by atoms with Crippen LogP contribution in [-0.4, -0.2) is 40.5 Å². The minimum absolute atomic E-state index is 0.551. The van der Waals surface area contributed by atoms with E-state index in [2.05, 4.69) is 10.3 Å². The van der Waals surface area contributed by atoms with Gasteiger partial charge in [0.2, 0.25) is 5.75 Å². The Kier molecular flexibility index (Phi) is 6.29. The highest BCUT2D eigenvalue weighted by molar-refractivity contribution is 5.74. The largest absolute Gasteiger partial charge is 0.497 e. The lowest BCUT2D eigenvalue weighted by atomic mass is 10.1. The van der Waals surface area contributed by atoms with Gasteiger partial charge in [0.05, 0.1) is 35.5 Å². The van der Waals surface area contributed by atoms with Gasteiger partial charge in [-0.1, -0.05) is 0 Å². The summed E-state index contributed by atoms with van der Waals surface area (Å²) in [6.07, 6.45) is 1.73. The van der Waals surface area contributed by atoms with Gasteiger partial charge >= 0.3 is 0 Å². The van der Waals surface area contributed by atoms with Crippen molar-refractivity contribution in [3.05, 3.63) is 48.7 Å². The first-order valence-corrected chi connectivity index (χ1v) is 8.88. The highest BCUT2D eigenvalue weighted by Gasteiger charge is 2.14. The van der Waals surface area contributed by atoms with Crippen LogP contribution in [-0.2, 0) is 0 Å². The fourth-order valence-corrected chi connectivity index (χ4v) is 2.95. The molecule has 0 aliphatic heterocycles. The number of ether oxygens (including phenoxy) is 5. The van der Waals surface area contributed by atoms with Crippen LogP contribution in [0.15, 0.2) is 48.7 Å². The number of aromatic nitrogens is 1. The van der Waals surface area contributed by atoms with Gasteiger partial charge in [-0.25, -0.2) is 4.98 Å². The summed E-state index contributed by atoms with van der Waals surface area (Å²) in [5, 5.41) is 3.28. The van der Waals surface area contributed by atoms with Crippen LogP contribution in [0.25, 0.3) is 11.1 Å². The molecule has 0 radical (unpaired) electrons. The van der Waals surface area contributed by atoms with Crippen molar-refractivity contribution < 1.29 is 23.7 Å². The van der Waals surface area contributed by atoms with E-state index < -0.39 is 0 Å². The standard InChI is InChI=1S/C22H24N2O5/c1-25-17-11-16(12-18(13-17)26-2)24-21-10-14(6-7-23-21)15-8-19(27-3)22(29-5)20(9-15)28-4/h6-13H,1-5H3,(H,23,24). The molecular formula is C22H24N2O5. The highest BCUT2D eigenvalue weighted by atomic mass is 16.5. The van der Waals surface area contributed by atoms with Crippen LogP contribution in [0, 0.1) is 0 Å². The Morgan fingerprint density at radius 1 is 0.655 bits per heavy atom. The summed E-state index contributed by atoms with van der Waals surface area (Å²) in [4.78, 5) is 4.41. The lowest BCUT2D eigenvalue weighted by Crippen LogP contribution is -1.97. The zero-order valence-corrected chi connectivity index (χ0v) is 17.1. The van der Waals surface area contributed by atoms with E-state index in [1.54, 1.807) is 41.7 Å². The maximum absolute atomic E-state index is 5.45. The molecule has 7 heteroatoms. The van der Waals surface area contributed by atoms with E-state index in [1.807, 2.05) is 42.5 Å². The molecule has 1 heterocycles. The molecule has 0 saturated heterocycles. The Balaban J connectivity index is 1.96. The maximum atomic E-state index is 5.45. The zero-order chi connectivity index (χ0) is 20.8. The highest BCUT2D eigenvalue weighted by Crippen LogP contribution is 2.41. The predicted molar refractivity (Wildman–Crippen MR) is 112 cm³/mol. The molecule has 2 aromatic carbocycles. The first-order valence-electron chi connectivity index (χ1n) is 8.88. The molecule has 152 valence electrons. The van der Waals surface area contributed by atoms with Gasteiger partial charge in [-0.05, 0) is 35.4 Å². The molecule has 0 amide bonds. The van der Waals surface area contributed by atoms with E-state index in [4.69, 9.17) is 23.7 Å². The summed E-state index contributed by atoms with van der Waals surface area (Å²) in [5.41, 5.74) is 2.65. The molecule has 29 heavy (non-hydrogen) atoms. The van der Waals surface area contributed by atoms with Crippen molar-refractivity contribution in [2.75, 3.05) is 40.9 Å². The zero-order valence-electron chi connectivity index (χ0n) is 17.1. The van der Waals surface area contributed by atoms with E-state index >= 15 is 0 Å². The smallest absolute Gasteiger partial charge is 0.203 e. The van der Waals surface area contributed by atoms with Crippen LogP contribution in [0.4, 0.5) is 11.5 Å². The van der Waals surface area contributed by atoms with E-state index in [0.717, 1.165) is 16.8 Å². The lowest BCUT2D eigenvalue weighted by Gasteiger charge is -2.15. The molecule has 0 fully saturated rings. The normalized spacial score (nSPS) is 10.2. The van der Waals surface area contributed by atoms with Crippen LogP contribution < -0.4 is 29.0 Å². The Labute approximate surface area is 170 Å². The summed E-state index contributed by atoms with van der Waals surface area (Å²) in [5.74, 6) is 3.78. The van der Waals surface area contributed by atoms with Crippen LogP contribution in [0.3, 0.4) is 0 Å². The molecule has 0 unspecified atom stereocenters. The Morgan fingerprint density at radius 2 is 1.28 bits per heavy atom. The Hall–Kier alpha value is -3.61. The summed E-state index contributed by atoms with van der Waals surface area (Å²) in [7, 11) is 7.99. The number of pyridine rings is 1. The number of rotatable bonds is 8. The molecule has 1 aromatic heterocycles. The van der Waals surface area contributed by atoms with Crippen LogP contribution >= 0.6 is 0 Å². The molecule has 3 aromatic rings. The van der Waals surface area contributed by atoms with Crippen LogP contribution in [0.1, 0.15) is 0 Å². The quantitative estimate of drug-likeness (QED) is 0.599. The van der Waals surface area contributed by atoms with Crippen molar-refractivity contribution in [3.63, 3.8) is 0 Å². The van der Waals surface area contributed by atoms with Gasteiger partial charge in [0.15, 0.2) is 11.5 Å². The Morgan fingerprint density at radius 3 is 1.79 bits per heavy atom. The van der Waals surface area contributed by atoms with Gasteiger partial charge in [-0.2, -0.15) is 0 Å². The van der Waals surface area contributed by atoms with Gasteiger partial charge in [0, 0.05) is 30.1 Å². The van der Waals surface area contributed by atoms with Crippen molar-refractivity contribution >= 4 is 11.5 Å². The Bertz CT molecular complexity index is 943. The molecule has 0 saturated carbocycles. The van der Waals surface area contributed by atoms with Crippen LogP contribution in [0.2, 0.25) is 0 Å². The van der Waals surface area contributed by atoms with Crippen LogP contribution in [0.5, 0.6) is 28.7 Å². The van der Waals surface area contributed by atoms with E-state index in [1.165, 1.54) is 0 Å². The molecule has 0 spiro atoms. The lowest BCUT2D eigenvalue weighted by molar-refractivity contribution is 0.324. The third-order valence-corrected chi connectivity index (χ3v) is 4.38. The van der Waals surface area contributed by atoms with Crippen molar-refractivity contribution in [2.24, 2.45) is 0 Å². The fourth-order valence-electron chi connectivity index (χ4n) is 2.95. The number of hydrogen-bond donors (Lipinski definition) is 1. The second-order valence-electron chi connectivity index (χ2n) is 6.07. The van der Waals surface area contributed by atoms with E-state index in [9.17, 15) is 0 Å². The second-order valence-corrected chi connectivity index (χ2v) is 6.07. The van der Waals surface area contributed by atoms with Crippen molar-refractivity contribution in [3.8, 4) is 39.9 Å². The number of nitrogens with zero attached hydrogens (tertiary/aromatic N) is 1. The molecule has 0 atom stereocenters. The maximum Gasteiger partial charge on any atom is 0.203 e.